The smallest absolute Gasteiger partial charge is 0.323 e. The highest BCUT2D eigenvalue weighted by Crippen LogP contribution is 2.20. The first-order valence-corrected chi connectivity index (χ1v) is 6.55. The molecule has 4 heteroatoms. The van der Waals surface area contributed by atoms with Gasteiger partial charge in [-0.15, -0.1) is 0 Å². The Bertz CT molecular complexity index is 493. The van der Waals surface area contributed by atoms with Crippen LogP contribution < -0.4 is 0 Å². The van der Waals surface area contributed by atoms with E-state index in [0.717, 1.165) is 31.4 Å². The molecule has 0 amide bonds. The molecule has 19 heavy (non-hydrogen) atoms. The van der Waals surface area contributed by atoms with Crippen LogP contribution in [0, 0.1) is 11.3 Å². The SMILES string of the molecule is COC(=O)C1CCCCN1Cc1cccc(C#N)c1. The van der Waals surface area contributed by atoms with Crippen molar-refractivity contribution in [2.24, 2.45) is 0 Å². The second-order valence-electron chi connectivity index (χ2n) is 4.82. The topological polar surface area (TPSA) is 53.3 Å². The maximum absolute atomic E-state index is 11.8. The summed E-state index contributed by atoms with van der Waals surface area (Å²) >= 11 is 0. The van der Waals surface area contributed by atoms with Gasteiger partial charge in [-0.25, -0.2) is 0 Å². The van der Waals surface area contributed by atoms with E-state index >= 15 is 0 Å². The number of carbonyl (C=O) groups excluding carboxylic acids is 1. The summed E-state index contributed by atoms with van der Waals surface area (Å²) in [5, 5.41) is 8.91. The largest absolute Gasteiger partial charge is 0.468 e. The molecular formula is C15H18N2O2. The highest BCUT2D eigenvalue weighted by Gasteiger charge is 2.29. The summed E-state index contributed by atoms with van der Waals surface area (Å²) in [7, 11) is 1.44. The van der Waals surface area contributed by atoms with Crippen LogP contribution in [0.3, 0.4) is 0 Å². The lowest BCUT2D eigenvalue weighted by molar-refractivity contribution is -0.148. The van der Waals surface area contributed by atoms with E-state index in [4.69, 9.17) is 10.00 Å². The quantitative estimate of drug-likeness (QED) is 0.779. The number of nitriles is 1. The molecule has 100 valence electrons. The molecule has 0 spiro atoms. The van der Waals surface area contributed by atoms with Gasteiger partial charge in [-0.1, -0.05) is 18.6 Å². The number of hydrogen-bond donors (Lipinski definition) is 0. The number of methoxy groups -OCH3 is 1. The molecular weight excluding hydrogens is 240 g/mol. The lowest BCUT2D eigenvalue weighted by Crippen LogP contribution is -2.44. The highest BCUT2D eigenvalue weighted by atomic mass is 16.5. The van der Waals surface area contributed by atoms with Crippen molar-refractivity contribution in [2.45, 2.75) is 31.8 Å². The summed E-state index contributed by atoms with van der Waals surface area (Å²) < 4.78 is 4.87. The van der Waals surface area contributed by atoms with Gasteiger partial charge in [0.25, 0.3) is 0 Å². The zero-order valence-corrected chi connectivity index (χ0v) is 11.1. The molecule has 0 radical (unpaired) electrons. The monoisotopic (exact) mass is 258 g/mol. The Labute approximate surface area is 113 Å². The molecule has 1 aliphatic rings. The molecule has 1 aliphatic heterocycles. The van der Waals surface area contributed by atoms with E-state index in [-0.39, 0.29) is 12.0 Å². The molecule has 2 rings (SSSR count). The van der Waals surface area contributed by atoms with Crippen LogP contribution in [0.4, 0.5) is 0 Å². The van der Waals surface area contributed by atoms with E-state index in [1.807, 2.05) is 18.2 Å². The molecule has 4 nitrogen and oxygen atoms in total. The number of hydrogen-bond acceptors (Lipinski definition) is 4. The molecule has 0 aliphatic carbocycles. The molecule has 1 aromatic rings. The summed E-state index contributed by atoms with van der Waals surface area (Å²) in [5.74, 6) is -0.156. The summed E-state index contributed by atoms with van der Waals surface area (Å²) in [6, 6.07) is 9.53. The summed E-state index contributed by atoms with van der Waals surface area (Å²) in [4.78, 5) is 13.9. The highest BCUT2D eigenvalue weighted by molar-refractivity contribution is 5.75. The minimum atomic E-state index is -0.156. The number of carbonyl (C=O) groups is 1. The number of ether oxygens (including phenoxy) is 1. The number of nitrogens with zero attached hydrogens (tertiary/aromatic N) is 2. The van der Waals surface area contributed by atoms with Gasteiger partial charge in [0.05, 0.1) is 18.7 Å². The van der Waals surface area contributed by atoms with Crippen molar-refractivity contribution in [3.05, 3.63) is 35.4 Å². The number of benzene rings is 1. The molecule has 0 saturated carbocycles. The van der Waals surface area contributed by atoms with Gasteiger partial charge in [0.2, 0.25) is 0 Å². The molecule has 1 heterocycles. The Balaban J connectivity index is 2.10. The van der Waals surface area contributed by atoms with Gasteiger partial charge in [-0.05, 0) is 37.1 Å². The van der Waals surface area contributed by atoms with E-state index < -0.39 is 0 Å². The maximum Gasteiger partial charge on any atom is 0.323 e. The first-order chi connectivity index (χ1) is 9.24. The van der Waals surface area contributed by atoms with E-state index in [1.165, 1.54) is 7.11 Å². The van der Waals surface area contributed by atoms with Gasteiger partial charge in [-0.3, -0.25) is 9.69 Å². The van der Waals surface area contributed by atoms with Gasteiger partial charge in [0.1, 0.15) is 6.04 Å². The molecule has 0 aromatic heterocycles. The van der Waals surface area contributed by atoms with Gasteiger partial charge < -0.3 is 4.74 Å². The Kier molecular flexibility index (Phi) is 4.53. The average Bonchev–Trinajstić information content (AvgIpc) is 2.47. The van der Waals surface area contributed by atoms with Crippen molar-refractivity contribution < 1.29 is 9.53 Å². The molecule has 1 atom stereocenters. The molecule has 1 unspecified atom stereocenters. The number of rotatable bonds is 3. The van der Waals surface area contributed by atoms with Gasteiger partial charge in [0, 0.05) is 6.54 Å². The molecule has 1 fully saturated rings. The molecule has 0 N–H and O–H groups in total. The van der Waals surface area contributed by atoms with Gasteiger partial charge in [-0.2, -0.15) is 5.26 Å². The van der Waals surface area contributed by atoms with Crippen molar-refractivity contribution >= 4 is 5.97 Å². The van der Waals surface area contributed by atoms with Crippen molar-refractivity contribution in [2.75, 3.05) is 13.7 Å². The Morgan fingerprint density at radius 1 is 1.53 bits per heavy atom. The first-order valence-electron chi connectivity index (χ1n) is 6.55. The minimum Gasteiger partial charge on any atom is -0.468 e. The second kappa shape index (κ2) is 6.35. The van der Waals surface area contributed by atoms with E-state index in [2.05, 4.69) is 11.0 Å². The first kappa shape index (κ1) is 13.6. The summed E-state index contributed by atoms with van der Waals surface area (Å²) in [6.07, 6.45) is 3.02. The third-order valence-corrected chi connectivity index (χ3v) is 3.53. The lowest BCUT2D eigenvalue weighted by atomic mass is 10.0. The van der Waals surface area contributed by atoms with Gasteiger partial charge in [0.15, 0.2) is 0 Å². The molecule has 0 bridgehead atoms. The summed E-state index contributed by atoms with van der Waals surface area (Å²) in [5.41, 5.74) is 1.72. The van der Waals surface area contributed by atoms with Crippen LogP contribution in [-0.2, 0) is 16.1 Å². The van der Waals surface area contributed by atoms with Crippen LogP contribution in [0.15, 0.2) is 24.3 Å². The Morgan fingerprint density at radius 3 is 3.11 bits per heavy atom. The van der Waals surface area contributed by atoms with Crippen molar-refractivity contribution in [1.29, 1.82) is 5.26 Å². The summed E-state index contributed by atoms with van der Waals surface area (Å²) in [6.45, 7) is 1.59. The van der Waals surface area contributed by atoms with Crippen LogP contribution >= 0.6 is 0 Å². The van der Waals surface area contributed by atoms with Crippen LogP contribution in [0.1, 0.15) is 30.4 Å². The molecule has 1 aromatic carbocycles. The van der Waals surface area contributed by atoms with Gasteiger partial charge >= 0.3 is 5.97 Å². The van der Waals surface area contributed by atoms with E-state index in [1.54, 1.807) is 6.07 Å². The minimum absolute atomic E-state index is 0.149. The molecule has 1 saturated heterocycles. The van der Waals surface area contributed by atoms with Crippen molar-refractivity contribution in [3.63, 3.8) is 0 Å². The second-order valence-corrected chi connectivity index (χ2v) is 4.82. The van der Waals surface area contributed by atoms with E-state index in [0.29, 0.717) is 12.1 Å². The van der Waals surface area contributed by atoms with Crippen LogP contribution in [0.25, 0.3) is 0 Å². The number of esters is 1. The Hall–Kier alpha value is -1.86. The average molecular weight is 258 g/mol. The third-order valence-electron chi connectivity index (χ3n) is 3.53. The fourth-order valence-corrected chi connectivity index (χ4v) is 2.56. The van der Waals surface area contributed by atoms with Crippen molar-refractivity contribution in [1.82, 2.24) is 4.90 Å². The van der Waals surface area contributed by atoms with Crippen LogP contribution in [0.2, 0.25) is 0 Å². The number of piperidine rings is 1. The maximum atomic E-state index is 11.8. The predicted octanol–water partition coefficient (Wildman–Crippen LogP) is 2.09. The predicted molar refractivity (Wildman–Crippen MR) is 71.2 cm³/mol. The standard InChI is InChI=1S/C15H18N2O2/c1-19-15(18)14-7-2-3-8-17(14)11-13-6-4-5-12(9-13)10-16/h4-6,9,14H,2-3,7-8,11H2,1H3. The lowest BCUT2D eigenvalue weighted by Gasteiger charge is -2.33. The fourth-order valence-electron chi connectivity index (χ4n) is 2.56. The third kappa shape index (κ3) is 3.33. The Morgan fingerprint density at radius 2 is 2.37 bits per heavy atom. The van der Waals surface area contributed by atoms with Crippen LogP contribution in [0.5, 0.6) is 0 Å². The fraction of sp³-hybridized carbons (Fsp3) is 0.467. The normalized spacial score (nSPS) is 19.7. The number of likely N-dealkylation sites (tertiary alicyclic amines) is 1. The zero-order chi connectivity index (χ0) is 13.7. The zero-order valence-electron chi connectivity index (χ0n) is 11.1. The van der Waals surface area contributed by atoms with Crippen molar-refractivity contribution in [3.8, 4) is 6.07 Å². The van der Waals surface area contributed by atoms with Crippen LogP contribution in [-0.4, -0.2) is 30.6 Å². The van der Waals surface area contributed by atoms with E-state index in [9.17, 15) is 4.79 Å².